The molecular weight excluding hydrogens is 650 g/mol. The first-order valence-electron chi connectivity index (χ1n) is 17.7. The van der Waals surface area contributed by atoms with Gasteiger partial charge in [0.1, 0.15) is 36.1 Å². The average Bonchev–Trinajstić information content (AvgIpc) is 3.07. The first-order valence-corrected chi connectivity index (χ1v) is 17.7. The fourth-order valence-corrected chi connectivity index (χ4v) is 7.09. The van der Waals surface area contributed by atoms with Crippen molar-refractivity contribution in [2.45, 2.75) is 134 Å². The monoisotopic (exact) mass is 711 g/mol. The van der Waals surface area contributed by atoms with Crippen molar-refractivity contribution >= 4 is 11.8 Å². The number of hydrogen-bond donors (Lipinski definition) is 3. The van der Waals surface area contributed by atoms with E-state index in [1.807, 2.05) is 46.7 Å². The zero-order valence-corrected chi connectivity index (χ0v) is 31.3. The number of cyclic esters (lactones) is 1. The second kappa shape index (κ2) is 19.2. The summed E-state index contributed by atoms with van der Waals surface area (Å²) in [7, 11) is 6.70. The molecule has 0 bridgehead atoms. The van der Waals surface area contributed by atoms with Crippen LogP contribution in [0, 0.1) is 17.8 Å². The van der Waals surface area contributed by atoms with Gasteiger partial charge in [-0.3, -0.25) is 4.79 Å². The van der Waals surface area contributed by atoms with Gasteiger partial charge in [-0.2, -0.15) is 0 Å². The van der Waals surface area contributed by atoms with Crippen LogP contribution in [0.25, 0.3) is 0 Å². The Kier molecular flexibility index (Phi) is 16.2. The van der Waals surface area contributed by atoms with Crippen molar-refractivity contribution < 1.29 is 58.1 Å². The molecule has 3 aliphatic rings. The van der Waals surface area contributed by atoms with Gasteiger partial charge in [0, 0.05) is 38.2 Å². The number of hydrogen-bond acceptors (Lipinski definition) is 13. The Morgan fingerprint density at radius 2 is 1.58 bits per heavy atom. The van der Waals surface area contributed by atoms with Crippen LogP contribution >= 0.6 is 0 Å². The number of aliphatic hydroxyl groups is 3. The number of likely N-dealkylation sites (N-methyl/N-ethyl adjacent to an activating group) is 1. The normalized spacial score (nSPS) is 44.4. The Labute approximate surface area is 297 Å². The first kappa shape index (κ1) is 42.4. The predicted octanol–water partition coefficient (Wildman–Crippen LogP) is 2.55. The number of allylic oxidation sites excluding steroid dienone is 3. The lowest BCUT2D eigenvalue weighted by molar-refractivity contribution is -0.310. The van der Waals surface area contributed by atoms with E-state index in [0.29, 0.717) is 12.8 Å². The summed E-state index contributed by atoms with van der Waals surface area (Å²) in [6.07, 6.45) is 2.53. The minimum absolute atomic E-state index is 0.110. The molecule has 0 saturated carbocycles. The lowest BCUT2D eigenvalue weighted by Crippen LogP contribution is -2.59. The van der Waals surface area contributed by atoms with Gasteiger partial charge in [-0.15, -0.1) is 0 Å². The quantitative estimate of drug-likeness (QED) is 0.300. The average molecular weight is 712 g/mol. The lowest BCUT2D eigenvalue weighted by Gasteiger charge is -2.43. The van der Waals surface area contributed by atoms with Gasteiger partial charge >= 0.3 is 5.97 Å². The third kappa shape index (κ3) is 10.8. The van der Waals surface area contributed by atoms with Crippen LogP contribution in [0.2, 0.25) is 0 Å². The fraction of sp³-hybridized carbons (Fsp3) is 0.784. The van der Waals surface area contributed by atoms with Gasteiger partial charge < -0.3 is 53.4 Å². The molecule has 0 aliphatic carbocycles. The van der Waals surface area contributed by atoms with Crippen molar-refractivity contribution in [3.05, 3.63) is 36.5 Å². The summed E-state index contributed by atoms with van der Waals surface area (Å²) in [4.78, 5) is 28.5. The molecule has 0 aromatic carbocycles. The minimum Gasteiger partial charge on any atom is -0.456 e. The summed E-state index contributed by atoms with van der Waals surface area (Å²) < 4.78 is 41.3. The summed E-state index contributed by atoms with van der Waals surface area (Å²) in [5.74, 6) is -1.66. The maximum atomic E-state index is 13.3. The highest BCUT2D eigenvalue weighted by molar-refractivity contribution is 5.91. The smallest absolute Gasteiger partial charge is 0.330 e. The molecule has 0 aromatic heterocycles. The van der Waals surface area contributed by atoms with Crippen LogP contribution in [0.5, 0.6) is 0 Å². The first-order chi connectivity index (χ1) is 23.6. The second-order valence-corrected chi connectivity index (χ2v) is 14.4. The van der Waals surface area contributed by atoms with Gasteiger partial charge in [0.15, 0.2) is 18.4 Å². The van der Waals surface area contributed by atoms with Crippen molar-refractivity contribution in [2.24, 2.45) is 17.8 Å². The molecule has 3 aliphatic heterocycles. The van der Waals surface area contributed by atoms with Crippen LogP contribution in [-0.2, 0) is 42.7 Å². The summed E-state index contributed by atoms with van der Waals surface area (Å²) >= 11 is 0. The molecule has 3 rings (SSSR count). The van der Waals surface area contributed by atoms with Crippen molar-refractivity contribution in [3.8, 4) is 0 Å². The minimum atomic E-state index is -1.85. The van der Waals surface area contributed by atoms with E-state index in [-0.39, 0.29) is 48.7 Å². The molecule has 0 amide bonds. The number of aliphatic hydroxyl groups excluding tert-OH is 2. The molecule has 50 heavy (non-hydrogen) atoms. The van der Waals surface area contributed by atoms with E-state index in [1.54, 1.807) is 19.9 Å². The Morgan fingerprint density at radius 1 is 0.900 bits per heavy atom. The number of rotatable bonds is 9. The Hall–Kier alpha value is -2.04. The van der Waals surface area contributed by atoms with E-state index < -0.39 is 66.9 Å². The highest BCUT2D eigenvalue weighted by Gasteiger charge is 2.47. The van der Waals surface area contributed by atoms with Gasteiger partial charge in [-0.25, -0.2) is 4.79 Å². The molecular formula is C37H61NO12. The maximum Gasteiger partial charge on any atom is 0.330 e. The standard InChI is InChI=1S/C37H61NO12/c1-11-28-37(43,20-46-36-34(45-10)33(44-9)30(41)25(6)48-36)17-13-12-14-27(39)22(3)18-23(4)32(21(2)15-16-29(40)49-28)50-35-31(42)26(38(7)8)19-24(5)47-35/h12-17,21-26,28,30-36,41-43H,11,18-20H2,1-10H3/b14-12-,16-15-,17-13-/t21-,22+,23-,24+,25+,26-,28+,30+,31+,32+,33+,34+,35-,36+,37-/m0/s1. The van der Waals surface area contributed by atoms with Gasteiger partial charge in [0.05, 0.1) is 24.9 Å². The molecule has 0 aromatic rings. The number of methoxy groups -OCH3 is 2. The summed E-state index contributed by atoms with van der Waals surface area (Å²) in [6.45, 7) is 10.7. The van der Waals surface area contributed by atoms with Crippen molar-refractivity contribution in [1.29, 1.82) is 0 Å². The zero-order valence-electron chi connectivity index (χ0n) is 31.3. The third-order valence-electron chi connectivity index (χ3n) is 10.1. The van der Waals surface area contributed by atoms with Gasteiger partial charge in [0.25, 0.3) is 0 Å². The van der Waals surface area contributed by atoms with Crippen LogP contribution < -0.4 is 0 Å². The third-order valence-corrected chi connectivity index (χ3v) is 10.1. The molecule has 3 heterocycles. The molecule has 0 spiro atoms. The Balaban J connectivity index is 1.90. The lowest BCUT2D eigenvalue weighted by atomic mass is 9.84. The molecule has 13 nitrogen and oxygen atoms in total. The van der Waals surface area contributed by atoms with Crippen molar-refractivity contribution in [1.82, 2.24) is 4.90 Å². The van der Waals surface area contributed by atoms with Gasteiger partial charge in [-0.05, 0) is 65.3 Å². The van der Waals surface area contributed by atoms with Crippen molar-refractivity contribution in [2.75, 3.05) is 34.9 Å². The number of ether oxygens (including phenoxy) is 7. The van der Waals surface area contributed by atoms with Crippen LogP contribution in [-0.4, -0.2) is 140 Å². The largest absolute Gasteiger partial charge is 0.456 e. The Morgan fingerprint density at radius 3 is 2.20 bits per heavy atom. The number of carbonyl (C=O) groups is 2. The molecule has 0 unspecified atom stereocenters. The molecule has 2 fully saturated rings. The highest BCUT2D eigenvalue weighted by Crippen LogP contribution is 2.32. The van der Waals surface area contributed by atoms with Gasteiger partial charge in [-0.1, -0.05) is 45.9 Å². The van der Waals surface area contributed by atoms with E-state index in [1.165, 1.54) is 44.6 Å². The molecule has 3 N–H and O–H groups in total. The number of ketones is 1. The summed E-state index contributed by atoms with van der Waals surface area (Å²) in [5, 5.41) is 33.7. The maximum absolute atomic E-state index is 13.3. The molecule has 15 atom stereocenters. The molecule has 2 saturated heterocycles. The fourth-order valence-electron chi connectivity index (χ4n) is 7.09. The second-order valence-electron chi connectivity index (χ2n) is 14.4. The van der Waals surface area contributed by atoms with Crippen LogP contribution in [0.3, 0.4) is 0 Å². The van der Waals surface area contributed by atoms with E-state index in [4.69, 9.17) is 33.2 Å². The Bertz CT molecular complexity index is 1180. The van der Waals surface area contributed by atoms with E-state index in [2.05, 4.69) is 0 Å². The molecule has 13 heteroatoms. The van der Waals surface area contributed by atoms with Crippen LogP contribution in [0.1, 0.15) is 60.8 Å². The van der Waals surface area contributed by atoms with E-state index >= 15 is 0 Å². The topological polar surface area (TPSA) is 163 Å². The van der Waals surface area contributed by atoms with E-state index in [0.717, 1.165) is 0 Å². The predicted molar refractivity (Wildman–Crippen MR) is 185 cm³/mol. The number of esters is 1. The van der Waals surface area contributed by atoms with Crippen molar-refractivity contribution in [3.63, 3.8) is 0 Å². The molecule has 0 radical (unpaired) electrons. The SMILES string of the molecule is CC[C@H]1OC(=O)/C=C\[C@H](C)[C@@H](O[C@@H]2O[C@H](C)C[C@H](N(C)C)[C@H]2O)[C@@H](C)C[C@@H](C)C(=O)/C=C\C=C/[C@]1(O)CO[C@@H]1O[C@H](C)[C@@H](O)[C@@H](OC)[C@H]1OC. The van der Waals surface area contributed by atoms with Crippen LogP contribution in [0.15, 0.2) is 36.5 Å². The zero-order chi connectivity index (χ0) is 37.3. The molecule has 286 valence electrons. The van der Waals surface area contributed by atoms with Crippen LogP contribution in [0.4, 0.5) is 0 Å². The summed E-state index contributed by atoms with van der Waals surface area (Å²) in [6, 6.07) is -0.167. The van der Waals surface area contributed by atoms with Gasteiger partial charge in [0.2, 0.25) is 0 Å². The summed E-state index contributed by atoms with van der Waals surface area (Å²) in [5.41, 5.74) is -1.85. The highest BCUT2D eigenvalue weighted by atomic mass is 16.7. The number of nitrogens with zero attached hydrogens (tertiary/aromatic N) is 1. The van der Waals surface area contributed by atoms with E-state index in [9.17, 15) is 24.9 Å². The number of carbonyl (C=O) groups excluding carboxylic acids is 2.